The van der Waals surface area contributed by atoms with Crippen LogP contribution >= 0.6 is 31.9 Å². The fraction of sp³-hybridized carbons (Fsp3) is 0.286. The Hall–Kier alpha value is -1.14. The van der Waals surface area contributed by atoms with E-state index in [9.17, 15) is 4.79 Å². The molecule has 2 aromatic rings. The molecule has 0 spiro atoms. The number of hydrogen-bond donors (Lipinski definition) is 1. The van der Waals surface area contributed by atoms with Gasteiger partial charge in [0.15, 0.2) is 0 Å². The quantitative estimate of drug-likeness (QED) is 0.827. The van der Waals surface area contributed by atoms with Crippen molar-refractivity contribution in [3.8, 4) is 0 Å². The van der Waals surface area contributed by atoms with E-state index in [2.05, 4.69) is 49.1 Å². The summed E-state index contributed by atoms with van der Waals surface area (Å²) in [6, 6.07) is 3.65. The molecule has 2 heterocycles. The molecule has 1 N–H and O–H groups in total. The predicted molar refractivity (Wildman–Crippen MR) is 87.1 cm³/mol. The summed E-state index contributed by atoms with van der Waals surface area (Å²) in [6.45, 7) is 4.84. The number of amides is 1. The SMILES string of the molecule is CCCn1cc(Br)cc1C(=O)Nc1cc(C)c(Br)cn1. The first-order chi connectivity index (χ1) is 9.51. The van der Waals surface area contributed by atoms with Gasteiger partial charge in [-0.05, 0) is 62.9 Å². The Kier molecular flexibility index (Phi) is 4.99. The van der Waals surface area contributed by atoms with E-state index >= 15 is 0 Å². The Morgan fingerprint density at radius 2 is 2.15 bits per heavy atom. The standard InChI is InChI=1S/C14H15Br2N3O/c1-3-4-19-8-10(15)6-12(19)14(20)18-13-5-9(2)11(16)7-17-13/h5-8H,3-4H2,1-2H3,(H,17,18,20). The minimum absolute atomic E-state index is 0.154. The molecule has 2 rings (SSSR count). The molecule has 0 radical (unpaired) electrons. The summed E-state index contributed by atoms with van der Waals surface area (Å²) < 4.78 is 3.76. The van der Waals surface area contributed by atoms with Crippen molar-refractivity contribution in [1.82, 2.24) is 9.55 Å². The van der Waals surface area contributed by atoms with Crippen molar-refractivity contribution in [3.05, 3.63) is 44.7 Å². The molecule has 106 valence electrons. The van der Waals surface area contributed by atoms with Gasteiger partial charge in [0.1, 0.15) is 11.5 Å². The van der Waals surface area contributed by atoms with E-state index in [1.807, 2.05) is 29.8 Å². The summed E-state index contributed by atoms with van der Waals surface area (Å²) in [7, 11) is 0. The molecule has 0 aromatic carbocycles. The highest BCUT2D eigenvalue weighted by molar-refractivity contribution is 9.10. The van der Waals surface area contributed by atoms with Crippen LogP contribution in [0, 0.1) is 6.92 Å². The highest BCUT2D eigenvalue weighted by Gasteiger charge is 2.13. The average Bonchev–Trinajstić information content (AvgIpc) is 2.75. The van der Waals surface area contributed by atoms with Crippen LogP contribution in [0.1, 0.15) is 29.4 Å². The smallest absolute Gasteiger partial charge is 0.273 e. The number of aromatic nitrogens is 2. The molecule has 0 aliphatic heterocycles. The van der Waals surface area contributed by atoms with E-state index in [1.165, 1.54) is 0 Å². The molecule has 0 unspecified atom stereocenters. The van der Waals surface area contributed by atoms with Crippen LogP contribution in [0.15, 0.2) is 33.5 Å². The third-order valence-corrected chi connectivity index (χ3v) is 4.11. The van der Waals surface area contributed by atoms with Gasteiger partial charge in [-0.2, -0.15) is 0 Å². The Morgan fingerprint density at radius 1 is 1.40 bits per heavy atom. The zero-order valence-corrected chi connectivity index (χ0v) is 14.5. The van der Waals surface area contributed by atoms with Crippen molar-refractivity contribution in [3.63, 3.8) is 0 Å². The maximum atomic E-state index is 12.3. The summed E-state index contributed by atoms with van der Waals surface area (Å²) >= 11 is 6.80. The number of carbonyl (C=O) groups excluding carboxylic acids is 1. The number of nitrogens with one attached hydrogen (secondary N) is 1. The van der Waals surface area contributed by atoms with Crippen LogP contribution in [-0.2, 0) is 6.54 Å². The highest BCUT2D eigenvalue weighted by Crippen LogP contribution is 2.19. The summed E-state index contributed by atoms with van der Waals surface area (Å²) in [6.07, 6.45) is 4.57. The molecule has 2 aromatic heterocycles. The fourth-order valence-electron chi connectivity index (χ4n) is 1.88. The van der Waals surface area contributed by atoms with E-state index < -0.39 is 0 Å². The fourth-order valence-corrected chi connectivity index (χ4v) is 2.56. The van der Waals surface area contributed by atoms with Crippen molar-refractivity contribution in [2.45, 2.75) is 26.8 Å². The van der Waals surface area contributed by atoms with Gasteiger partial charge in [0.05, 0.1) is 0 Å². The van der Waals surface area contributed by atoms with E-state index in [4.69, 9.17) is 0 Å². The third-order valence-electron chi connectivity index (χ3n) is 2.85. The summed E-state index contributed by atoms with van der Waals surface area (Å²) in [4.78, 5) is 16.5. The first-order valence-electron chi connectivity index (χ1n) is 6.30. The van der Waals surface area contributed by atoms with Gasteiger partial charge >= 0.3 is 0 Å². The van der Waals surface area contributed by atoms with Gasteiger partial charge < -0.3 is 9.88 Å². The second-order valence-corrected chi connectivity index (χ2v) is 6.28. The Morgan fingerprint density at radius 3 is 2.80 bits per heavy atom. The predicted octanol–water partition coefficient (Wildman–Crippen LogP) is 4.38. The Bertz CT molecular complexity index is 637. The second kappa shape index (κ2) is 6.54. The molecule has 6 heteroatoms. The number of pyridine rings is 1. The molecule has 0 saturated carbocycles. The van der Waals surface area contributed by atoms with Crippen LogP contribution in [0.4, 0.5) is 5.82 Å². The number of halogens is 2. The minimum atomic E-state index is -0.154. The van der Waals surface area contributed by atoms with E-state index in [1.54, 1.807) is 6.20 Å². The van der Waals surface area contributed by atoms with Crippen molar-refractivity contribution >= 4 is 43.6 Å². The first-order valence-corrected chi connectivity index (χ1v) is 7.89. The van der Waals surface area contributed by atoms with Crippen molar-refractivity contribution in [1.29, 1.82) is 0 Å². The lowest BCUT2D eigenvalue weighted by Gasteiger charge is -2.09. The van der Waals surface area contributed by atoms with E-state index in [0.717, 1.165) is 27.5 Å². The molecule has 0 saturated heterocycles. The van der Waals surface area contributed by atoms with Gasteiger partial charge in [0, 0.05) is 27.9 Å². The van der Waals surface area contributed by atoms with Gasteiger partial charge in [0.25, 0.3) is 5.91 Å². The van der Waals surface area contributed by atoms with Crippen LogP contribution in [0.5, 0.6) is 0 Å². The molecule has 0 bridgehead atoms. The van der Waals surface area contributed by atoms with Gasteiger partial charge in [-0.15, -0.1) is 0 Å². The Balaban J connectivity index is 2.21. The topological polar surface area (TPSA) is 46.9 Å². The van der Waals surface area contributed by atoms with Crippen LogP contribution in [0.3, 0.4) is 0 Å². The number of hydrogen-bond acceptors (Lipinski definition) is 2. The van der Waals surface area contributed by atoms with Gasteiger partial charge in [-0.25, -0.2) is 4.98 Å². The lowest BCUT2D eigenvalue weighted by Crippen LogP contribution is -2.17. The largest absolute Gasteiger partial charge is 0.342 e. The summed E-state index contributed by atoms with van der Waals surface area (Å²) in [5, 5.41) is 2.83. The van der Waals surface area contributed by atoms with E-state index in [-0.39, 0.29) is 5.91 Å². The van der Waals surface area contributed by atoms with Crippen LogP contribution < -0.4 is 5.32 Å². The molecule has 0 aliphatic carbocycles. The maximum absolute atomic E-state index is 12.3. The van der Waals surface area contributed by atoms with Crippen LogP contribution in [-0.4, -0.2) is 15.5 Å². The first kappa shape index (κ1) is 15.3. The monoisotopic (exact) mass is 399 g/mol. The zero-order valence-electron chi connectivity index (χ0n) is 11.3. The molecule has 1 amide bonds. The lowest BCUT2D eigenvalue weighted by atomic mass is 10.3. The molecule has 4 nitrogen and oxygen atoms in total. The number of carbonyl (C=O) groups is 1. The minimum Gasteiger partial charge on any atom is -0.342 e. The van der Waals surface area contributed by atoms with Crippen LogP contribution in [0.2, 0.25) is 0 Å². The Labute approximate surface area is 134 Å². The molecule has 20 heavy (non-hydrogen) atoms. The number of aryl methyl sites for hydroxylation is 2. The highest BCUT2D eigenvalue weighted by atomic mass is 79.9. The molecule has 0 atom stereocenters. The normalized spacial score (nSPS) is 10.6. The molecular formula is C14H15Br2N3O. The number of rotatable bonds is 4. The summed E-state index contributed by atoms with van der Waals surface area (Å²) in [5.41, 5.74) is 1.65. The average molecular weight is 401 g/mol. The van der Waals surface area contributed by atoms with Gasteiger partial charge in [0.2, 0.25) is 0 Å². The van der Waals surface area contributed by atoms with Gasteiger partial charge in [-0.1, -0.05) is 6.92 Å². The van der Waals surface area contributed by atoms with Crippen molar-refractivity contribution in [2.24, 2.45) is 0 Å². The van der Waals surface area contributed by atoms with E-state index in [0.29, 0.717) is 11.5 Å². The second-order valence-electron chi connectivity index (χ2n) is 4.51. The number of nitrogens with zero attached hydrogens (tertiary/aromatic N) is 2. The molecular weight excluding hydrogens is 386 g/mol. The van der Waals surface area contributed by atoms with Crippen molar-refractivity contribution in [2.75, 3.05) is 5.32 Å². The lowest BCUT2D eigenvalue weighted by molar-refractivity contribution is 0.101. The zero-order chi connectivity index (χ0) is 14.7. The maximum Gasteiger partial charge on any atom is 0.273 e. The third kappa shape index (κ3) is 3.49. The molecule has 0 aliphatic rings. The molecule has 0 fully saturated rings. The van der Waals surface area contributed by atoms with Crippen LogP contribution in [0.25, 0.3) is 0 Å². The van der Waals surface area contributed by atoms with Crippen molar-refractivity contribution < 1.29 is 4.79 Å². The van der Waals surface area contributed by atoms with Gasteiger partial charge in [-0.3, -0.25) is 4.79 Å². The summed E-state index contributed by atoms with van der Waals surface area (Å²) in [5.74, 6) is 0.398. The number of anilines is 1.